The van der Waals surface area contributed by atoms with E-state index in [2.05, 4.69) is 5.32 Å². The number of fused-ring (bicyclic) bond motifs is 1. The number of nitrogens with one attached hydrogen (secondary N) is 1. The molecule has 0 spiro atoms. The minimum absolute atomic E-state index is 0.323. The van der Waals surface area contributed by atoms with Gasteiger partial charge in [-0.05, 0) is 36.2 Å². The first-order valence-electron chi connectivity index (χ1n) is 11.8. The molecule has 5 rings (SSSR count). The van der Waals surface area contributed by atoms with Crippen molar-refractivity contribution < 1.29 is 23.9 Å². The van der Waals surface area contributed by atoms with E-state index in [4.69, 9.17) is 9.47 Å². The zero-order valence-corrected chi connectivity index (χ0v) is 21.1. The van der Waals surface area contributed by atoms with Gasteiger partial charge < -0.3 is 19.4 Å². The Kier molecular flexibility index (Phi) is 5.95. The number of hydrogen-bond donors (Lipinski definition) is 1. The Labute approximate surface area is 214 Å². The van der Waals surface area contributed by atoms with E-state index in [0.29, 0.717) is 22.6 Å². The molecule has 188 valence electrons. The third kappa shape index (κ3) is 3.81. The summed E-state index contributed by atoms with van der Waals surface area (Å²) in [5, 5.41) is 3.53. The van der Waals surface area contributed by atoms with E-state index in [1.165, 1.54) is 14.2 Å². The van der Waals surface area contributed by atoms with Crippen LogP contribution in [0.3, 0.4) is 0 Å². The molecule has 8 heteroatoms. The van der Waals surface area contributed by atoms with Crippen molar-refractivity contribution in [3.63, 3.8) is 0 Å². The van der Waals surface area contributed by atoms with Gasteiger partial charge in [-0.15, -0.1) is 0 Å². The van der Waals surface area contributed by atoms with Gasteiger partial charge in [0, 0.05) is 18.0 Å². The number of benzene rings is 3. The van der Waals surface area contributed by atoms with Crippen molar-refractivity contribution in [2.45, 2.75) is 12.5 Å². The second-order valence-electron chi connectivity index (χ2n) is 9.11. The molecule has 0 bridgehead atoms. The molecule has 37 heavy (non-hydrogen) atoms. The van der Waals surface area contributed by atoms with Crippen LogP contribution in [-0.4, -0.2) is 48.0 Å². The minimum Gasteiger partial charge on any atom is -0.493 e. The molecular formula is C29H27N3O5. The number of carbonyl (C=O) groups is 3. The third-order valence-electron chi connectivity index (χ3n) is 6.97. The monoisotopic (exact) mass is 497 g/mol. The van der Waals surface area contributed by atoms with Gasteiger partial charge in [0.2, 0.25) is 0 Å². The molecule has 0 radical (unpaired) electrons. The molecule has 4 aromatic rings. The molecule has 1 N–H and O–H groups in total. The zero-order valence-electron chi connectivity index (χ0n) is 21.1. The molecule has 0 saturated carbocycles. The maximum atomic E-state index is 13.8. The Morgan fingerprint density at radius 1 is 0.919 bits per heavy atom. The highest BCUT2D eigenvalue weighted by Crippen LogP contribution is 2.37. The second-order valence-corrected chi connectivity index (χ2v) is 9.11. The van der Waals surface area contributed by atoms with E-state index >= 15 is 0 Å². The van der Waals surface area contributed by atoms with Gasteiger partial charge in [-0.25, -0.2) is 4.79 Å². The Morgan fingerprint density at radius 2 is 1.59 bits per heavy atom. The number of methoxy groups -OCH3 is 2. The second kappa shape index (κ2) is 9.13. The largest absolute Gasteiger partial charge is 0.493 e. The molecule has 0 aliphatic carbocycles. The summed E-state index contributed by atoms with van der Waals surface area (Å²) in [6.45, 7) is 1.23. The lowest BCUT2D eigenvalue weighted by atomic mass is 9.91. The quantitative estimate of drug-likeness (QED) is 0.300. The summed E-state index contributed by atoms with van der Waals surface area (Å²) in [6.07, 6.45) is 0. The van der Waals surface area contributed by atoms with Crippen molar-refractivity contribution in [1.29, 1.82) is 0 Å². The van der Waals surface area contributed by atoms with Crippen molar-refractivity contribution in [3.8, 4) is 22.8 Å². The van der Waals surface area contributed by atoms with Gasteiger partial charge in [0.15, 0.2) is 17.3 Å². The Morgan fingerprint density at radius 3 is 2.30 bits per heavy atom. The first-order valence-corrected chi connectivity index (χ1v) is 11.8. The fraction of sp³-hybridized carbons (Fsp3) is 0.207. The zero-order chi connectivity index (χ0) is 26.3. The van der Waals surface area contributed by atoms with Gasteiger partial charge in [0.05, 0.1) is 32.0 Å². The van der Waals surface area contributed by atoms with Crippen LogP contribution in [0.15, 0.2) is 72.8 Å². The van der Waals surface area contributed by atoms with Crippen LogP contribution in [0, 0.1) is 0 Å². The summed E-state index contributed by atoms with van der Waals surface area (Å²) >= 11 is 0. The summed E-state index contributed by atoms with van der Waals surface area (Å²) in [5.74, 6) is 0.0967. The lowest BCUT2D eigenvalue weighted by Crippen LogP contribution is -2.41. The summed E-state index contributed by atoms with van der Waals surface area (Å²) < 4.78 is 12.6. The molecule has 3 amide bonds. The van der Waals surface area contributed by atoms with Crippen molar-refractivity contribution >= 4 is 28.6 Å². The number of ether oxygens (including phenoxy) is 2. The maximum absolute atomic E-state index is 13.8. The number of urea groups is 1. The molecule has 1 aromatic heterocycles. The van der Waals surface area contributed by atoms with Gasteiger partial charge in [-0.2, -0.15) is 0 Å². The van der Waals surface area contributed by atoms with Gasteiger partial charge >= 0.3 is 6.03 Å². The van der Waals surface area contributed by atoms with Crippen LogP contribution in [0.4, 0.5) is 4.79 Å². The molecule has 1 aliphatic heterocycles. The standard InChI is InChI=1S/C29H27N3O5/c1-29(19-14-15-23(36-3)24(16-19)37-4)27(34)32(28(35)30-29)17-22(33)25-20-12-8-9-13-21(20)31(2)26(25)18-10-6-5-7-11-18/h5-16H,17H2,1-4H3,(H,30,35). The number of aryl methyl sites for hydroxylation is 1. The van der Waals surface area contributed by atoms with Crippen LogP contribution in [0.1, 0.15) is 22.8 Å². The number of ketones is 1. The Bertz CT molecular complexity index is 1540. The number of carbonyl (C=O) groups excluding carboxylic acids is 3. The van der Waals surface area contributed by atoms with Crippen LogP contribution >= 0.6 is 0 Å². The Hall–Kier alpha value is -4.59. The van der Waals surface area contributed by atoms with E-state index in [9.17, 15) is 14.4 Å². The van der Waals surface area contributed by atoms with E-state index in [-0.39, 0.29) is 12.3 Å². The summed E-state index contributed by atoms with van der Waals surface area (Å²) in [5.41, 5.74) is 2.13. The summed E-state index contributed by atoms with van der Waals surface area (Å²) in [6, 6.07) is 21.6. The number of nitrogens with zero attached hydrogens (tertiary/aromatic N) is 2. The number of para-hydroxylation sites is 1. The highest BCUT2D eigenvalue weighted by molar-refractivity contribution is 6.17. The van der Waals surface area contributed by atoms with E-state index < -0.39 is 17.5 Å². The molecular weight excluding hydrogens is 470 g/mol. The molecule has 8 nitrogen and oxygen atoms in total. The van der Waals surface area contributed by atoms with E-state index in [1.807, 2.05) is 66.2 Å². The molecule has 1 atom stereocenters. The number of Topliss-reactive ketones (excluding diaryl/α,β-unsaturated/α-hetero) is 1. The van der Waals surface area contributed by atoms with Gasteiger partial charge in [-0.3, -0.25) is 14.5 Å². The van der Waals surface area contributed by atoms with E-state index in [0.717, 1.165) is 27.1 Å². The van der Waals surface area contributed by atoms with Crippen LogP contribution in [-0.2, 0) is 17.4 Å². The van der Waals surface area contributed by atoms with Gasteiger partial charge in [0.1, 0.15) is 5.54 Å². The molecule has 1 saturated heterocycles. The van der Waals surface area contributed by atoms with Gasteiger partial charge in [0.25, 0.3) is 5.91 Å². The molecule has 1 unspecified atom stereocenters. The topological polar surface area (TPSA) is 89.9 Å². The first-order chi connectivity index (χ1) is 17.8. The van der Waals surface area contributed by atoms with Crippen LogP contribution < -0.4 is 14.8 Å². The van der Waals surface area contributed by atoms with Gasteiger partial charge in [-0.1, -0.05) is 54.6 Å². The molecule has 2 heterocycles. The summed E-state index contributed by atoms with van der Waals surface area (Å²) in [4.78, 5) is 41.4. The van der Waals surface area contributed by atoms with Crippen molar-refractivity contribution in [3.05, 3.63) is 83.9 Å². The number of amides is 3. The number of rotatable bonds is 7. The minimum atomic E-state index is -1.36. The number of imide groups is 1. The normalized spacial score (nSPS) is 17.2. The van der Waals surface area contributed by atoms with Crippen LogP contribution in [0.5, 0.6) is 11.5 Å². The first kappa shape index (κ1) is 24.1. The molecule has 1 fully saturated rings. The fourth-order valence-electron chi connectivity index (χ4n) is 5.02. The van der Waals surface area contributed by atoms with Crippen LogP contribution in [0.25, 0.3) is 22.2 Å². The molecule has 3 aromatic carbocycles. The highest BCUT2D eigenvalue weighted by Gasteiger charge is 2.50. The van der Waals surface area contributed by atoms with E-state index in [1.54, 1.807) is 25.1 Å². The molecule has 1 aliphatic rings. The number of hydrogen-bond acceptors (Lipinski definition) is 5. The van der Waals surface area contributed by atoms with Crippen LogP contribution in [0.2, 0.25) is 0 Å². The maximum Gasteiger partial charge on any atom is 0.325 e. The summed E-state index contributed by atoms with van der Waals surface area (Å²) in [7, 11) is 4.92. The SMILES string of the molecule is COc1ccc(C2(C)NC(=O)N(CC(=O)c3c(-c4ccccc4)n(C)c4ccccc34)C2=O)cc1OC. The third-order valence-corrected chi connectivity index (χ3v) is 6.97. The Balaban J connectivity index is 1.52. The average Bonchev–Trinajstić information content (AvgIpc) is 3.34. The van der Waals surface area contributed by atoms with Crippen molar-refractivity contribution in [2.75, 3.05) is 20.8 Å². The lowest BCUT2D eigenvalue weighted by Gasteiger charge is -2.23. The highest BCUT2D eigenvalue weighted by atomic mass is 16.5. The van der Waals surface area contributed by atoms with Crippen molar-refractivity contribution in [1.82, 2.24) is 14.8 Å². The number of aromatic nitrogens is 1. The van der Waals surface area contributed by atoms with Crippen molar-refractivity contribution in [2.24, 2.45) is 7.05 Å². The average molecular weight is 498 g/mol. The predicted molar refractivity (Wildman–Crippen MR) is 140 cm³/mol. The smallest absolute Gasteiger partial charge is 0.325 e. The fourth-order valence-corrected chi connectivity index (χ4v) is 5.02. The lowest BCUT2D eigenvalue weighted by molar-refractivity contribution is -0.130. The predicted octanol–water partition coefficient (Wildman–Crippen LogP) is 4.51.